The first kappa shape index (κ1) is 15.9. The molecule has 7 heteroatoms. The first-order valence-electron chi connectivity index (χ1n) is 8.01. The van der Waals surface area contributed by atoms with Gasteiger partial charge in [-0.3, -0.25) is 4.79 Å². The van der Waals surface area contributed by atoms with Crippen molar-refractivity contribution in [2.75, 3.05) is 31.7 Å². The molecular weight excluding hydrogens is 346 g/mol. The van der Waals surface area contributed by atoms with Crippen LogP contribution in [0.4, 0.5) is 5.69 Å². The van der Waals surface area contributed by atoms with E-state index in [1.54, 1.807) is 30.3 Å². The molecule has 130 valence electrons. The van der Waals surface area contributed by atoms with Crippen LogP contribution in [-0.2, 0) is 0 Å². The summed E-state index contributed by atoms with van der Waals surface area (Å²) in [5.41, 5.74) is 1.00. The number of nitrogens with one attached hydrogen (secondary N) is 1. The SMILES string of the molecule is O=C(Nc1ccc2c(c1)OCCCO2)c1cc(Cl)c2c(c1)OCCO2. The quantitative estimate of drug-likeness (QED) is 0.886. The zero-order valence-electron chi connectivity index (χ0n) is 13.3. The monoisotopic (exact) mass is 361 g/mol. The average Bonchev–Trinajstić information content (AvgIpc) is 2.86. The molecule has 0 spiro atoms. The van der Waals surface area contributed by atoms with Crippen molar-refractivity contribution in [1.82, 2.24) is 0 Å². The molecule has 2 heterocycles. The third-order valence-corrected chi connectivity index (χ3v) is 4.15. The van der Waals surface area contributed by atoms with Gasteiger partial charge >= 0.3 is 0 Å². The Morgan fingerprint density at radius 3 is 2.52 bits per heavy atom. The number of fused-ring (bicyclic) bond motifs is 2. The van der Waals surface area contributed by atoms with Gasteiger partial charge in [0.05, 0.1) is 18.2 Å². The molecule has 4 rings (SSSR count). The zero-order chi connectivity index (χ0) is 17.2. The first-order chi connectivity index (χ1) is 12.2. The van der Waals surface area contributed by atoms with Crippen molar-refractivity contribution in [3.8, 4) is 23.0 Å². The molecule has 0 fully saturated rings. The molecule has 25 heavy (non-hydrogen) atoms. The molecule has 0 saturated carbocycles. The maximum atomic E-state index is 12.5. The number of benzene rings is 2. The Labute approximate surface area is 149 Å². The van der Waals surface area contributed by atoms with Gasteiger partial charge in [0.15, 0.2) is 23.0 Å². The van der Waals surface area contributed by atoms with Crippen LogP contribution >= 0.6 is 11.6 Å². The molecule has 2 aromatic rings. The fourth-order valence-electron chi connectivity index (χ4n) is 2.69. The van der Waals surface area contributed by atoms with Crippen LogP contribution < -0.4 is 24.3 Å². The van der Waals surface area contributed by atoms with Crippen LogP contribution in [0.2, 0.25) is 5.02 Å². The summed E-state index contributed by atoms with van der Waals surface area (Å²) in [6.45, 7) is 2.07. The van der Waals surface area contributed by atoms with Gasteiger partial charge < -0.3 is 24.3 Å². The lowest BCUT2D eigenvalue weighted by atomic mass is 10.1. The van der Waals surface area contributed by atoms with Gasteiger partial charge in [-0.25, -0.2) is 0 Å². The molecular formula is C18H16ClNO5. The number of anilines is 1. The highest BCUT2D eigenvalue weighted by atomic mass is 35.5. The molecule has 0 radical (unpaired) electrons. The molecule has 2 aromatic carbocycles. The van der Waals surface area contributed by atoms with E-state index in [1.807, 2.05) is 0 Å². The van der Waals surface area contributed by atoms with Gasteiger partial charge in [0.2, 0.25) is 0 Å². The minimum absolute atomic E-state index is 0.298. The van der Waals surface area contributed by atoms with E-state index < -0.39 is 0 Å². The van der Waals surface area contributed by atoms with Crippen LogP contribution in [0.5, 0.6) is 23.0 Å². The largest absolute Gasteiger partial charge is 0.490 e. The Bertz CT molecular complexity index is 823. The lowest BCUT2D eigenvalue weighted by Crippen LogP contribution is -2.17. The summed E-state index contributed by atoms with van der Waals surface area (Å²) in [6, 6.07) is 8.49. The van der Waals surface area contributed by atoms with Gasteiger partial charge in [-0.1, -0.05) is 11.6 Å². The number of ether oxygens (including phenoxy) is 4. The second kappa shape index (κ2) is 6.72. The van der Waals surface area contributed by atoms with Gasteiger partial charge in [-0.2, -0.15) is 0 Å². The van der Waals surface area contributed by atoms with Gasteiger partial charge in [0, 0.05) is 23.7 Å². The number of rotatable bonds is 2. The highest BCUT2D eigenvalue weighted by Gasteiger charge is 2.20. The molecule has 0 saturated heterocycles. The fraction of sp³-hybridized carbons (Fsp3) is 0.278. The number of hydrogen-bond acceptors (Lipinski definition) is 5. The van der Waals surface area contributed by atoms with Gasteiger partial charge in [-0.05, 0) is 24.3 Å². The Morgan fingerprint density at radius 2 is 1.64 bits per heavy atom. The molecule has 2 aliphatic heterocycles. The summed E-state index contributed by atoms with van der Waals surface area (Å²) in [7, 11) is 0. The van der Waals surface area contributed by atoms with Crippen LogP contribution in [0.15, 0.2) is 30.3 Å². The summed E-state index contributed by atoms with van der Waals surface area (Å²) < 4.78 is 22.2. The molecule has 0 atom stereocenters. The Morgan fingerprint density at radius 1 is 0.880 bits per heavy atom. The molecule has 6 nitrogen and oxygen atoms in total. The molecule has 1 amide bonds. The predicted molar refractivity (Wildman–Crippen MR) is 92.4 cm³/mol. The summed E-state index contributed by atoms with van der Waals surface area (Å²) in [4.78, 5) is 12.5. The highest BCUT2D eigenvalue weighted by Crippen LogP contribution is 2.38. The Kier molecular flexibility index (Phi) is 4.28. The molecule has 0 unspecified atom stereocenters. The maximum absolute atomic E-state index is 12.5. The van der Waals surface area contributed by atoms with E-state index in [4.69, 9.17) is 30.5 Å². The normalized spacial score (nSPS) is 15.2. The van der Waals surface area contributed by atoms with Gasteiger partial charge in [0.1, 0.15) is 13.2 Å². The lowest BCUT2D eigenvalue weighted by Gasteiger charge is -2.20. The smallest absolute Gasteiger partial charge is 0.255 e. The number of carbonyl (C=O) groups excluding carboxylic acids is 1. The van der Waals surface area contributed by atoms with Crippen LogP contribution in [-0.4, -0.2) is 32.3 Å². The van der Waals surface area contributed by atoms with Crippen molar-refractivity contribution in [3.05, 3.63) is 40.9 Å². The molecule has 2 aliphatic rings. The van der Waals surface area contributed by atoms with E-state index in [0.717, 1.165) is 6.42 Å². The van der Waals surface area contributed by atoms with E-state index in [-0.39, 0.29) is 5.91 Å². The second-order valence-electron chi connectivity index (χ2n) is 5.65. The maximum Gasteiger partial charge on any atom is 0.255 e. The van der Waals surface area contributed by atoms with Crippen molar-refractivity contribution >= 4 is 23.2 Å². The van der Waals surface area contributed by atoms with E-state index >= 15 is 0 Å². The Hall–Kier alpha value is -2.60. The van der Waals surface area contributed by atoms with Crippen LogP contribution in [0.3, 0.4) is 0 Å². The highest BCUT2D eigenvalue weighted by molar-refractivity contribution is 6.32. The fourth-order valence-corrected chi connectivity index (χ4v) is 2.95. The van der Waals surface area contributed by atoms with Crippen molar-refractivity contribution in [1.29, 1.82) is 0 Å². The van der Waals surface area contributed by atoms with Crippen molar-refractivity contribution in [3.63, 3.8) is 0 Å². The van der Waals surface area contributed by atoms with Gasteiger partial charge in [-0.15, -0.1) is 0 Å². The topological polar surface area (TPSA) is 66.0 Å². The zero-order valence-corrected chi connectivity index (χ0v) is 14.1. The second-order valence-corrected chi connectivity index (χ2v) is 6.06. The summed E-state index contributed by atoms with van der Waals surface area (Å²) in [6.07, 6.45) is 0.825. The number of carbonyl (C=O) groups is 1. The lowest BCUT2D eigenvalue weighted by molar-refractivity contribution is 0.102. The Balaban J connectivity index is 1.56. The molecule has 0 aromatic heterocycles. The van der Waals surface area contributed by atoms with Crippen molar-refractivity contribution < 1.29 is 23.7 Å². The van der Waals surface area contributed by atoms with Crippen LogP contribution in [0, 0.1) is 0 Å². The average molecular weight is 362 g/mol. The first-order valence-corrected chi connectivity index (χ1v) is 8.39. The predicted octanol–water partition coefficient (Wildman–Crippen LogP) is 3.52. The van der Waals surface area contributed by atoms with E-state index in [0.29, 0.717) is 65.7 Å². The van der Waals surface area contributed by atoms with Gasteiger partial charge in [0.25, 0.3) is 5.91 Å². The molecule has 0 aliphatic carbocycles. The van der Waals surface area contributed by atoms with E-state index in [1.165, 1.54) is 0 Å². The number of halogens is 1. The van der Waals surface area contributed by atoms with E-state index in [9.17, 15) is 4.79 Å². The van der Waals surface area contributed by atoms with E-state index in [2.05, 4.69) is 5.32 Å². The minimum atomic E-state index is -0.298. The van der Waals surface area contributed by atoms with Crippen molar-refractivity contribution in [2.45, 2.75) is 6.42 Å². The number of amides is 1. The third kappa shape index (κ3) is 3.30. The summed E-state index contributed by atoms with van der Waals surface area (Å²) in [5, 5.41) is 3.18. The third-order valence-electron chi connectivity index (χ3n) is 3.86. The molecule has 1 N–H and O–H groups in total. The number of hydrogen-bond donors (Lipinski definition) is 1. The minimum Gasteiger partial charge on any atom is -0.490 e. The summed E-state index contributed by atoms with van der Waals surface area (Å²) in [5.74, 6) is 1.95. The summed E-state index contributed by atoms with van der Waals surface area (Å²) >= 11 is 6.19. The van der Waals surface area contributed by atoms with Crippen molar-refractivity contribution in [2.24, 2.45) is 0 Å². The van der Waals surface area contributed by atoms with Crippen LogP contribution in [0.25, 0.3) is 0 Å². The molecule has 0 bridgehead atoms. The van der Waals surface area contributed by atoms with Crippen LogP contribution in [0.1, 0.15) is 16.8 Å². The standard InChI is InChI=1S/C18H16ClNO5/c19-13-8-11(9-16-17(13)25-7-6-24-16)18(21)20-12-2-3-14-15(10-12)23-5-1-4-22-14/h2-3,8-10H,1,4-7H2,(H,20,21).